The van der Waals surface area contributed by atoms with E-state index in [0.717, 1.165) is 29.2 Å². The Hall–Kier alpha value is -3.71. The van der Waals surface area contributed by atoms with Gasteiger partial charge in [0.1, 0.15) is 6.61 Å². The molecule has 3 aromatic rings. The molecular weight excluding hydrogens is 470 g/mol. The number of aromatic nitrogens is 5. The van der Waals surface area contributed by atoms with Crippen molar-refractivity contribution in [3.63, 3.8) is 0 Å². The van der Waals surface area contributed by atoms with Gasteiger partial charge in [0.15, 0.2) is 5.69 Å². The maximum Gasteiger partial charge on any atom is 0.434 e. The van der Waals surface area contributed by atoms with Crippen LogP contribution in [-0.4, -0.2) is 55.0 Å². The molecule has 0 fully saturated rings. The largest absolute Gasteiger partial charge is 0.474 e. The summed E-state index contributed by atoms with van der Waals surface area (Å²) >= 11 is 0. The number of carbonyl (C=O) groups excluding carboxylic acids is 1. The highest BCUT2D eigenvalue weighted by Crippen LogP contribution is 2.32. The molecule has 2 aromatic heterocycles. The van der Waals surface area contributed by atoms with Crippen LogP contribution in [0.4, 0.5) is 26.3 Å². The van der Waals surface area contributed by atoms with Crippen molar-refractivity contribution in [2.24, 2.45) is 0 Å². The molecule has 0 spiro atoms. The Balaban J connectivity index is 1.80. The fourth-order valence-corrected chi connectivity index (χ4v) is 3.04. The van der Waals surface area contributed by atoms with E-state index in [0.29, 0.717) is 6.20 Å². The van der Waals surface area contributed by atoms with Crippen molar-refractivity contribution in [2.45, 2.75) is 32.2 Å². The normalized spacial score (nSPS) is 12.9. The summed E-state index contributed by atoms with van der Waals surface area (Å²) in [6.45, 7) is 3.27. The maximum atomic E-state index is 13.2. The van der Waals surface area contributed by atoms with E-state index in [9.17, 15) is 31.1 Å². The zero-order valence-corrected chi connectivity index (χ0v) is 17.8. The summed E-state index contributed by atoms with van der Waals surface area (Å²) < 4.78 is 82.8. The Bertz CT molecular complexity index is 1120. The highest BCUT2D eigenvalue weighted by molar-refractivity contribution is 5.98. The highest BCUT2D eigenvalue weighted by Gasteiger charge is 2.34. The minimum Gasteiger partial charge on any atom is -0.474 e. The quantitative estimate of drug-likeness (QED) is 0.467. The van der Waals surface area contributed by atoms with Crippen LogP contribution in [0.5, 0.6) is 5.88 Å². The predicted molar refractivity (Wildman–Crippen MR) is 105 cm³/mol. The van der Waals surface area contributed by atoms with Crippen molar-refractivity contribution in [3.05, 3.63) is 59.8 Å². The molecule has 0 N–H and O–H groups in total. The zero-order chi connectivity index (χ0) is 25.1. The van der Waals surface area contributed by atoms with E-state index >= 15 is 0 Å². The van der Waals surface area contributed by atoms with Crippen LogP contribution in [0, 0.1) is 0 Å². The minimum atomic E-state index is -4.65. The molecule has 34 heavy (non-hydrogen) atoms. The Morgan fingerprint density at radius 2 is 1.74 bits per heavy atom. The second-order valence-corrected chi connectivity index (χ2v) is 7.04. The lowest BCUT2D eigenvalue weighted by Gasteiger charge is -2.28. The number of alkyl halides is 6. The SMILES string of the molecule is CCN(C(=O)c1ccc(C(F)(F)F)cc1-n1nccn1)[C@@H](C)COc1cnc(C(F)(F)F)cn1. The first kappa shape index (κ1) is 24.9. The molecule has 0 aliphatic heterocycles. The lowest BCUT2D eigenvalue weighted by atomic mass is 10.1. The van der Waals surface area contributed by atoms with Crippen molar-refractivity contribution < 1.29 is 35.9 Å². The van der Waals surface area contributed by atoms with E-state index in [1.807, 2.05) is 0 Å². The van der Waals surface area contributed by atoms with E-state index in [2.05, 4.69) is 20.2 Å². The summed E-state index contributed by atoms with van der Waals surface area (Å²) in [7, 11) is 0. The smallest absolute Gasteiger partial charge is 0.434 e. The Labute approximate surface area is 189 Å². The highest BCUT2D eigenvalue weighted by atomic mass is 19.4. The molecule has 1 amide bonds. The van der Waals surface area contributed by atoms with Crippen LogP contribution in [0.15, 0.2) is 43.0 Å². The summed E-state index contributed by atoms with van der Waals surface area (Å²) in [6, 6.07) is 1.98. The standard InChI is InChI=1S/C20H18F6N6O2/c1-3-31(12(2)11-34-17-10-27-16(9-28-17)20(24,25)26)18(33)14-5-4-13(19(21,22)23)8-15(14)32-29-6-7-30-32/h4-10,12H,3,11H2,1-2H3/t12-/m0/s1. The van der Waals surface area contributed by atoms with Crippen LogP contribution < -0.4 is 4.74 Å². The van der Waals surface area contributed by atoms with Gasteiger partial charge in [0.25, 0.3) is 5.91 Å². The second-order valence-electron chi connectivity index (χ2n) is 7.04. The van der Waals surface area contributed by atoms with Crippen molar-refractivity contribution >= 4 is 5.91 Å². The number of halogens is 6. The van der Waals surface area contributed by atoms with Crippen molar-refractivity contribution in [2.75, 3.05) is 13.2 Å². The van der Waals surface area contributed by atoms with Gasteiger partial charge in [-0.1, -0.05) is 0 Å². The number of nitrogens with zero attached hydrogens (tertiary/aromatic N) is 6. The van der Waals surface area contributed by atoms with Gasteiger partial charge in [-0.3, -0.25) is 4.79 Å². The monoisotopic (exact) mass is 488 g/mol. The van der Waals surface area contributed by atoms with Gasteiger partial charge in [0.05, 0.1) is 47.6 Å². The van der Waals surface area contributed by atoms with Gasteiger partial charge in [-0.25, -0.2) is 9.97 Å². The van der Waals surface area contributed by atoms with Crippen LogP contribution >= 0.6 is 0 Å². The summed E-state index contributed by atoms with van der Waals surface area (Å²) in [6.07, 6.45) is -5.44. The van der Waals surface area contributed by atoms with Crippen LogP contribution in [0.2, 0.25) is 0 Å². The molecule has 0 saturated heterocycles. The number of ether oxygens (including phenoxy) is 1. The van der Waals surface area contributed by atoms with Crippen LogP contribution in [0.1, 0.15) is 35.5 Å². The molecule has 0 unspecified atom stereocenters. The van der Waals surface area contributed by atoms with Crippen LogP contribution in [0.3, 0.4) is 0 Å². The molecular formula is C20H18F6N6O2. The first-order valence-electron chi connectivity index (χ1n) is 9.82. The molecule has 0 radical (unpaired) electrons. The van der Waals surface area contributed by atoms with Gasteiger partial charge in [-0.15, -0.1) is 0 Å². The van der Waals surface area contributed by atoms with Crippen molar-refractivity contribution in [3.8, 4) is 11.6 Å². The first-order chi connectivity index (χ1) is 15.9. The predicted octanol–water partition coefficient (Wildman–Crippen LogP) is 4.02. The average molecular weight is 488 g/mol. The van der Waals surface area contributed by atoms with E-state index in [4.69, 9.17) is 4.74 Å². The van der Waals surface area contributed by atoms with Crippen LogP contribution in [-0.2, 0) is 12.4 Å². The summed E-state index contributed by atoms with van der Waals surface area (Å²) in [4.78, 5) is 22.3. The molecule has 0 aliphatic carbocycles. The van der Waals surface area contributed by atoms with Gasteiger partial charge in [0.2, 0.25) is 5.88 Å². The first-order valence-corrected chi connectivity index (χ1v) is 9.82. The molecule has 1 aromatic carbocycles. The fourth-order valence-electron chi connectivity index (χ4n) is 3.04. The molecule has 0 saturated carbocycles. The third kappa shape index (κ3) is 5.61. The molecule has 8 nitrogen and oxygen atoms in total. The summed E-state index contributed by atoms with van der Waals surface area (Å²) in [5.74, 6) is -0.794. The minimum absolute atomic E-state index is 0.0766. The third-order valence-corrected chi connectivity index (χ3v) is 4.71. The summed E-state index contributed by atoms with van der Waals surface area (Å²) in [5, 5.41) is 7.66. The van der Waals surface area contributed by atoms with Gasteiger partial charge in [0, 0.05) is 6.54 Å². The van der Waals surface area contributed by atoms with Gasteiger partial charge < -0.3 is 9.64 Å². The summed E-state index contributed by atoms with van der Waals surface area (Å²) in [5.41, 5.74) is -2.39. The average Bonchev–Trinajstić information content (AvgIpc) is 3.31. The molecule has 182 valence electrons. The van der Waals surface area contributed by atoms with E-state index in [-0.39, 0.29) is 30.3 Å². The number of benzene rings is 1. The van der Waals surface area contributed by atoms with Gasteiger partial charge in [-0.05, 0) is 32.0 Å². The number of hydrogen-bond acceptors (Lipinski definition) is 6. The molecule has 14 heteroatoms. The number of carbonyl (C=O) groups is 1. The third-order valence-electron chi connectivity index (χ3n) is 4.71. The number of hydrogen-bond donors (Lipinski definition) is 0. The number of amides is 1. The number of likely N-dealkylation sites (N-methyl/N-ethyl adjacent to an activating group) is 1. The van der Waals surface area contributed by atoms with Crippen LogP contribution in [0.25, 0.3) is 5.69 Å². The van der Waals surface area contributed by atoms with Gasteiger partial charge in [-0.2, -0.15) is 41.3 Å². The lowest BCUT2D eigenvalue weighted by molar-refractivity contribution is -0.141. The molecule has 2 heterocycles. The Morgan fingerprint density at radius 1 is 1.06 bits per heavy atom. The van der Waals surface area contributed by atoms with Crippen molar-refractivity contribution in [1.29, 1.82) is 0 Å². The topological polar surface area (TPSA) is 86.0 Å². The number of rotatable bonds is 7. The fraction of sp³-hybridized carbons (Fsp3) is 0.350. The Morgan fingerprint density at radius 3 is 2.26 bits per heavy atom. The Kier molecular flexibility index (Phi) is 7.07. The van der Waals surface area contributed by atoms with Crippen molar-refractivity contribution in [1.82, 2.24) is 29.9 Å². The zero-order valence-electron chi connectivity index (χ0n) is 17.8. The van der Waals surface area contributed by atoms with E-state index in [1.54, 1.807) is 13.8 Å². The van der Waals surface area contributed by atoms with E-state index in [1.165, 1.54) is 17.3 Å². The molecule has 3 rings (SSSR count). The van der Waals surface area contributed by atoms with Gasteiger partial charge >= 0.3 is 12.4 Å². The van der Waals surface area contributed by atoms with E-state index < -0.39 is 35.6 Å². The molecule has 0 bridgehead atoms. The maximum absolute atomic E-state index is 13.2. The molecule has 0 aliphatic rings. The molecule has 1 atom stereocenters. The second kappa shape index (κ2) is 9.65. The lowest BCUT2D eigenvalue weighted by Crippen LogP contribution is -2.42.